The molecule has 16 heavy (non-hydrogen) atoms. The zero-order valence-corrected chi connectivity index (χ0v) is 9.72. The Hall–Kier alpha value is -1.75. The van der Waals surface area contributed by atoms with Crippen LogP contribution in [-0.2, 0) is 0 Å². The smallest absolute Gasteiger partial charge is 0.258 e. The van der Waals surface area contributed by atoms with Crippen molar-refractivity contribution >= 4 is 21.6 Å². The Balaban J connectivity index is 2.56. The second-order valence-corrected chi connectivity index (χ2v) is 3.99. The molecule has 0 fully saturated rings. The van der Waals surface area contributed by atoms with Crippen molar-refractivity contribution in [1.29, 1.82) is 0 Å². The summed E-state index contributed by atoms with van der Waals surface area (Å²) in [5, 5.41) is 10.7. The van der Waals surface area contributed by atoms with Crippen LogP contribution in [0.25, 0.3) is 11.3 Å². The molecule has 5 heteroatoms. The monoisotopic (exact) mass is 278 g/mol. The van der Waals surface area contributed by atoms with Gasteiger partial charge in [0.05, 0.1) is 10.6 Å². The molecule has 0 unspecified atom stereocenters. The molecule has 1 aromatic carbocycles. The first-order valence-corrected chi connectivity index (χ1v) is 5.33. The highest BCUT2D eigenvalue weighted by Gasteiger charge is 2.11. The Morgan fingerprint density at radius 3 is 2.69 bits per heavy atom. The largest absolute Gasteiger partial charge is 0.270 e. The van der Waals surface area contributed by atoms with Crippen molar-refractivity contribution in [1.82, 2.24) is 4.98 Å². The molecular formula is C11H7BrN2O2. The van der Waals surface area contributed by atoms with Crippen LogP contribution in [0, 0.1) is 10.1 Å². The summed E-state index contributed by atoms with van der Waals surface area (Å²) in [5.74, 6) is 0. The third-order valence-corrected chi connectivity index (χ3v) is 2.79. The first-order chi connectivity index (χ1) is 7.68. The lowest BCUT2D eigenvalue weighted by molar-refractivity contribution is -0.384. The van der Waals surface area contributed by atoms with Gasteiger partial charge >= 0.3 is 0 Å². The van der Waals surface area contributed by atoms with Crippen molar-refractivity contribution < 1.29 is 4.92 Å². The van der Waals surface area contributed by atoms with Crippen LogP contribution >= 0.6 is 15.9 Å². The van der Waals surface area contributed by atoms with Gasteiger partial charge in [0.25, 0.3) is 5.69 Å². The molecule has 0 aliphatic carbocycles. The maximum absolute atomic E-state index is 10.7. The Bertz CT molecular complexity index is 529. The van der Waals surface area contributed by atoms with E-state index in [1.165, 1.54) is 12.1 Å². The topological polar surface area (TPSA) is 56.0 Å². The predicted octanol–water partition coefficient (Wildman–Crippen LogP) is 3.42. The summed E-state index contributed by atoms with van der Waals surface area (Å²) in [6.45, 7) is 0. The minimum atomic E-state index is -0.418. The van der Waals surface area contributed by atoms with Gasteiger partial charge in [-0.2, -0.15) is 0 Å². The third-order valence-electron chi connectivity index (χ3n) is 2.10. The fourth-order valence-corrected chi connectivity index (χ4v) is 1.79. The van der Waals surface area contributed by atoms with E-state index in [1.54, 1.807) is 18.3 Å². The average Bonchev–Trinajstić information content (AvgIpc) is 2.30. The van der Waals surface area contributed by atoms with Crippen LogP contribution in [0.5, 0.6) is 0 Å². The van der Waals surface area contributed by atoms with Crippen LogP contribution in [0.2, 0.25) is 0 Å². The molecule has 0 spiro atoms. The molecule has 1 aromatic heterocycles. The lowest BCUT2D eigenvalue weighted by atomic mass is 10.1. The molecule has 0 atom stereocenters. The summed E-state index contributed by atoms with van der Waals surface area (Å²) < 4.78 is 0.789. The second kappa shape index (κ2) is 4.40. The van der Waals surface area contributed by atoms with Gasteiger partial charge in [-0.05, 0) is 18.2 Å². The zero-order chi connectivity index (χ0) is 11.5. The van der Waals surface area contributed by atoms with Crippen LogP contribution in [0.4, 0.5) is 5.69 Å². The van der Waals surface area contributed by atoms with E-state index < -0.39 is 4.92 Å². The van der Waals surface area contributed by atoms with Crippen LogP contribution in [-0.4, -0.2) is 9.91 Å². The molecule has 4 nitrogen and oxygen atoms in total. The predicted molar refractivity (Wildman–Crippen MR) is 64.0 cm³/mol. The number of hydrogen-bond donors (Lipinski definition) is 0. The summed E-state index contributed by atoms with van der Waals surface area (Å²) in [6, 6.07) is 10.1. The zero-order valence-electron chi connectivity index (χ0n) is 8.13. The van der Waals surface area contributed by atoms with Crippen LogP contribution < -0.4 is 0 Å². The van der Waals surface area contributed by atoms with E-state index in [0.717, 1.165) is 10.0 Å². The normalized spacial score (nSPS) is 10.1. The van der Waals surface area contributed by atoms with Crippen LogP contribution in [0.3, 0.4) is 0 Å². The minimum Gasteiger partial charge on any atom is -0.258 e. The van der Waals surface area contributed by atoms with E-state index in [1.807, 2.05) is 12.1 Å². The van der Waals surface area contributed by atoms with Gasteiger partial charge in [-0.3, -0.25) is 15.1 Å². The maximum Gasteiger partial charge on any atom is 0.270 e. The van der Waals surface area contributed by atoms with Crippen molar-refractivity contribution in [2.24, 2.45) is 0 Å². The highest BCUT2D eigenvalue weighted by Crippen LogP contribution is 2.30. The molecule has 0 N–H and O–H groups in total. The highest BCUT2D eigenvalue weighted by molar-refractivity contribution is 9.10. The van der Waals surface area contributed by atoms with Gasteiger partial charge in [-0.1, -0.05) is 22.0 Å². The molecule has 1 heterocycles. The van der Waals surface area contributed by atoms with Gasteiger partial charge in [-0.25, -0.2) is 0 Å². The number of hydrogen-bond acceptors (Lipinski definition) is 3. The number of rotatable bonds is 2. The van der Waals surface area contributed by atoms with E-state index in [-0.39, 0.29) is 5.69 Å². The fraction of sp³-hybridized carbons (Fsp3) is 0. The van der Waals surface area contributed by atoms with Gasteiger partial charge in [0.1, 0.15) is 0 Å². The fourth-order valence-electron chi connectivity index (χ4n) is 1.35. The van der Waals surface area contributed by atoms with Gasteiger partial charge in [0.15, 0.2) is 0 Å². The molecule has 0 aliphatic heterocycles. The van der Waals surface area contributed by atoms with Crippen molar-refractivity contribution in [3.8, 4) is 11.3 Å². The summed E-state index contributed by atoms with van der Waals surface area (Å²) in [7, 11) is 0. The molecule has 2 aromatic rings. The lowest BCUT2D eigenvalue weighted by Gasteiger charge is -2.03. The average molecular weight is 279 g/mol. The summed E-state index contributed by atoms with van der Waals surface area (Å²) in [4.78, 5) is 14.4. The van der Waals surface area contributed by atoms with Gasteiger partial charge in [0, 0.05) is 28.4 Å². The Labute approximate surface area is 100 Å². The first-order valence-electron chi connectivity index (χ1n) is 4.54. The maximum atomic E-state index is 10.7. The Morgan fingerprint density at radius 2 is 2.06 bits per heavy atom. The SMILES string of the molecule is O=[N+]([O-])c1ccc(Br)c(-c2ccccn2)c1. The van der Waals surface area contributed by atoms with Gasteiger partial charge in [0.2, 0.25) is 0 Å². The van der Waals surface area contributed by atoms with E-state index in [2.05, 4.69) is 20.9 Å². The van der Waals surface area contributed by atoms with E-state index >= 15 is 0 Å². The quantitative estimate of drug-likeness (QED) is 0.625. The summed E-state index contributed by atoms with van der Waals surface area (Å²) in [6.07, 6.45) is 1.65. The van der Waals surface area contributed by atoms with E-state index in [4.69, 9.17) is 0 Å². The number of aromatic nitrogens is 1. The first kappa shape index (κ1) is 10.8. The molecule has 0 radical (unpaired) electrons. The molecule has 80 valence electrons. The van der Waals surface area contributed by atoms with Crippen LogP contribution in [0.1, 0.15) is 0 Å². The number of pyridine rings is 1. The molecule has 0 saturated heterocycles. The number of halogens is 1. The number of nitrogens with zero attached hydrogens (tertiary/aromatic N) is 2. The van der Waals surface area contributed by atoms with Gasteiger partial charge < -0.3 is 0 Å². The number of non-ortho nitro benzene ring substituents is 1. The van der Waals surface area contributed by atoms with Crippen molar-refractivity contribution in [3.05, 3.63) is 57.2 Å². The Morgan fingerprint density at radius 1 is 1.25 bits per heavy atom. The van der Waals surface area contributed by atoms with Crippen molar-refractivity contribution in [2.75, 3.05) is 0 Å². The minimum absolute atomic E-state index is 0.0591. The molecule has 0 aliphatic rings. The molecule has 0 amide bonds. The molecule has 2 rings (SSSR count). The lowest BCUT2D eigenvalue weighted by Crippen LogP contribution is -1.90. The number of nitro benzene ring substituents is 1. The third kappa shape index (κ3) is 2.09. The molecule has 0 bridgehead atoms. The van der Waals surface area contributed by atoms with E-state index in [9.17, 15) is 10.1 Å². The number of benzene rings is 1. The number of nitro groups is 1. The highest BCUT2D eigenvalue weighted by atomic mass is 79.9. The van der Waals surface area contributed by atoms with Crippen LogP contribution in [0.15, 0.2) is 47.1 Å². The van der Waals surface area contributed by atoms with Crippen molar-refractivity contribution in [2.45, 2.75) is 0 Å². The Kier molecular flexibility index (Phi) is 2.96. The molecular weight excluding hydrogens is 272 g/mol. The summed E-state index contributed by atoms with van der Waals surface area (Å²) in [5.41, 5.74) is 1.48. The van der Waals surface area contributed by atoms with Gasteiger partial charge in [-0.15, -0.1) is 0 Å². The van der Waals surface area contributed by atoms with Crippen molar-refractivity contribution in [3.63, 3.8) is 0 Å². The second-order valence-electron chi connectivity index (χ2n) is 3.14. The molecule has 0 saturated carbocycles. The summed E-state index contributed by atoms with van der Waals surface area (Å²) >= 11 is 3.35. The standard InChI is InChI=1S/C11H7BrN2O2/c12-10-5-4-8(14(15)16)7-9(10)11-3-1-2-6-13-11/h1-7H. The van der Waals surface area contributed by atoms with E-state index in [0.29, 0.717) is 5.69 Å².